The molecule has 0 aromatic carbocycles. The summed E-state index contributed by atoms with van der Waals surface area (Å²) in [4.78, 5) is 13.8. The third kappa shape index (κ3) is 1.62. The van der Waals surface area contributed by atoms with Crippen LogP contribution in [0.3, 0.4) is 0 Å². The second kappa shape index (κ2) is 3.62. The molecule has 2 aromatic rings. The number of thiophene rings is 1. The first kappa shape index (κ1) is 9.54. The molecule has 0 aliphatic heterocycles. The number of nitrogens with zero attached hydrogens (tertiary/aromatic N) is 3. The highest BCUT2D eigenvalue weighted by Crippen LogP contribution is 2.24. The van der Waals surface area contributed by atoms with Crippen LogP contribution in [-0.2, 0) is 7.05 Å². The standard InChI is InChI=1S/C8H6BrN3OS/c1-12-10-4-6(11-12)7(13)8-5(9)2-3-14-8/h2-4H,1H3. The number of hydrogen-bond donors (Lipinski definition) is 0. The van der Waals surface area contributed by atoms with Crippen molar-refractivity contribution >= 4 is 33.0 Å². The Hall–Kier alpha value is -1.01. The Kier molecular flexibility index (Phi) is 2.47. The van der Waals surface area contributed by atoms with E-state index in [1.165, 1.54) is 22.3 Å². The molecule has 0 radical (unpaired) electrons. The number of aryl methyl sites for hydroxylation is 1. The van der Waals surface area contributed by atoms with Crippen molar-refractivity contribution in [3.05, 3.63) is 32.7 Å². The SMILES string of the molecule is Cn1ncc(C(=O)c2sccc2Br)n1. The van der Waals surface area contributed by atoms with Gasteiger partial charge in [-0.2, -0.15) is 15.0 Å². The van der Waals surface area contributed by atoms with E-state index in [9.17, 15) is 4.79 Å². The molecule has 2 heterocycles. The maximum absolute atomic E-state index is 11.8. The van der Waals surface area contributed by atoms with Crippen LogP contribution in [0.4, 0.5) is 0 Å². The van der Waals surface area contributed by atoms with Gasteiger partial charge in [0.1, 0.15) is 0 Å². The average Bonchev–Trinajstić information content (AvgIpc) is 2.73. The first-order chi connectivity index (χ1) is 6.68. The highest BCUT2D eigenvalue weighted by molar-refractivity contribution is 9.10. The molecule has 0 atom stereocenters. The van der Waals surface area contributed by atoms with Gasteiger partial charge in [-0.3, -0.25) is 4.79 Å². The van der Waals surface area contributed by atoms with E-state index in [0.29, 0.717) is 10.6 Å². The normalized spacial score (nSPS) is 10.4. The molecule has 0 aliphatic rings. The Labute approximate surface area is 92.7 Å². The fourth-order valence-electron chi connectivity index (χ4n) is 1.02. The van der Waals surface area contributed by atoms with Gasteiger partial charge >= 0.3 is 0 Å². The van der Waals surface area contributed by atoms with Gasteiger partial charge < -0.3 is 0 Å². The predicted molar refractivity (Wildman–Crippen MR) is 56.5 cm³/mol. The maximum Gasteiger partial charge on any atom is 0.225 e. The van der Waals surface area contributed by atoms with E-state index >= 15 is 0 Å². The van der Waals surface area contributed by atoms with Crippen LogP contribution in [-0.4, -0.2) is 20.8 Å². The van der Waals surface area contributed by atoms with Gasteiger partial charge in [0.2, 0.25) is 5.78 Å². The molecule has 2 aromatic heterocycles. The lowest BCUT2D eigenvalue weighted by Crippen LogP contribution is -2.01. The van der Waals surface area contributed by atoms with Gasteiger partial charge in [-0.05, 0) is 27.4 Å². The first-order valence-corrected chi connectivity index (χ1v) is 5.50. The van der Waals surface area contributed by atoms with Crippen molar-refractivity contribution in [3.8, 4) is 0 Å². The molecule has 0 amide bonds. The molecule has 0 saturated carbocycles. The zero-order valence-corrected chi connectivity index (χ0v) is 9.67. The average molecular weight is 272 g/mol. The molecule has 0 unspecified atom stereocenters. The van der Waals surface area contributed by atoms with Gasteiger partial charge in [0, 0.05) is 11.5 Å². The van der Waals surface area contributed by atoms with E-state index in [2.05, 4.69) is 26.1 Å². The highest BCUT2D eigenvalue weighted by atomic mass is 79.9. The van der Waals surface area contributed by atoms with Crippen LogP contribution in [0.15, 0.2) is 22.1 Å². The Morgan fingerprint density at radius 1 is 1.64 bits per heavy atom. The monoisotopic (exact) mass is 271 g/mol. The fraction of sp³-hybridized carbons (Fsp3) is 0.125. The molecule has 2 rings (SSSR count). The number of carbonyl (C=O) groups is 1. The van der Waals surface area contributed by atoms with Crippen LogP contribution in [0.5, 0.6) is 0 Å². The minimum Gasteiger partial charge on any atom is -0.286 e. The van der Waals surface area contributed by atoms with Crippen molar-refractivity contribution in [2.24, 2.45) is 7.05 Å². The Bertz CT molecular complexity index is 476. The lowest BCUT2D eigenvalue weighted by atomic mass is 10.2. The molecule has 6 heteroatoms. The summed E-state index contributed by atoms with van der Waals surface area (Å²) in [5.74, 6) is -0.0972. The van der Waals surface area contributed by atoms with E-state index in [-0.39, 0.29) is 5.78 Å². The van der Waals surface area contributed by atoms with E-state index in [1.54, 1.807) is 7.05 Å². The van der Waals surface area contributed by atoms with Crippen LogP contribution >= 0.6 is 27.3 Å². The Morgan fingerprint density at radius 2 is 2.43 bits per heavy atom. The molecule has 0 fully saturated rings. The fourth-order valence-corrected chi connectivity index (χ4v) is 2.52. The van der Waals surface area contributed by atoms with Gasteiger partial charge in [0.05, 0.1) is 11.1 Å². The Balaban J connectivity index is 2.38. The van der Waals surface area contributed by atoms with Crippen molar-refractivity contribution in [1.82, 2.24) is 15.0 Å². The lowest BCUT2D eigenvalue weighted by Gasteiger charge is -1.92. The maximum atomic E-state index is 11.8. The van der Waals surface area contributed by atoms with E-state index < -0.39 is 0 Å². The van der Waals surface area contributed by atoms with Crippen LogP contribution in [0.2, 0.25) is 0 Å². The van der Waals surface area contributed by atoms with Gasteiger partial charge in [0.15, 0.2) is 5.69 Å². The summed E-state index contributed by atoms with van der Waals surface area (Å²) in [5, 5.41) is 9.66. The van der Waals surface area contributed by atoms with Gasteiger partial charge in [-0.1, -0.05) is 0 Å². The molecule has 0 N–H and O–H groups in total. The summed E-state index contributed by atoms with van der Waals surface area (Å²) in [7, 11) is 1.68. The van der Waals surface area contributed by atoms with E-state index in [0.717, 1.165) is 4.47 Å². The smallest absolute Gasteiger partial charge is 0.225 e. The van der Waals surface area contributed by atoms with Crippen molar-refractivity contribution in [1.29, 1.82) is 0 Å². The van der Waals surface area contributed by atoms with Gasteiger partial charge in [0.25, 0.3) is 0 Å². The van der Waals surface area contributed by atoms with Crippen molar-refractivity contribution in [2.75, 3.05) is 0 Å². The molecule has 0 aliphatic carbocycles. The number of halogens is 1. The summed E-state index contributed by atoms with van der Waals surface area (Å²) in [6.45, 7) is 0. The number of ketones is 1. The molecule has 4 nitrogen and oxygen atoms in total. The van der Waals surface area contributed by atoms with Crippen LogP contribution in [0, 0.1) is 0 Å². The topological polar surface area (TPSA) is 47.8 Å². The molecule has 72 valence electrons. The zero-order valence-electron chi connectivity index (χ0n) is 7.27. The minimum atomic E-state index is -0.0972. The summed E-state index contributed by atoms with van der Waals surface area (Å²) in [6, 6.07) is 1.84. The second-order valence-corrected chi connectivity index (χ2v) is 4.42. The molecule has 0 bridgehead atoms. The van der Waals surface area contributed by atoms with E-state index in [1.807, 2.05) is 11.4 Å². The number of rotatable bonds is 2. The number of carbonyl (C=O) groups excluding carboxylic acids is 1. The summed E-state index contributed by atoms with van der Waals surface area (Å²) < 4.78 is 0.804. The lowest BCUT2D eigenvalue weighted by molar-refractivity contribution is 0.103. The minimum absolute atomic E-state index is 0.0972. The molecular weight excluding hydrogens is 266 g/mol. The van der Waals surface area contributed by atoms with Crippen LogP contribution in [0.1, 0.15) is 15.4 Å². The predicted octanol–water partition coefficient (Wildman–Crippen LogP) is 1.87. The zero-order chi connectivity index (χ0) is 10.1. The number of aromatic nitrogens is 3. The summed E-state index contributed by atoms with van der Waals surface area (Å²) in [6.07, 6.45) is 1.47. The van der Waals surface area contributed by atoms with E-state index in [4.69, 9.17) is 0 Å². The molecule has 0 spiro atoms. The van der Waals surface area contributed by atoms with Gasteiger partial charge in [-0.25, -0.2) is 0 Å². The third-order valence-corrected chi connectivity index (χ3v) is 3.49. The molecule has 14 heavy (non-hydrogen) atoms. The van der Waals surface area contributed by atoms with Crippen molar-refractivity contribution < 1.29 is 4.79 Å². The molecule has 0 saturated heterocycles. The van der Waals surface area contributed by atoms with Gasteiger partial charge in [-0.15, -0.1) is 11.3 Å². The van der Waals surface area contributed by atoms with Crippen molar-refractivity contribution in [2.45, 2.75) is 0 Å². The summed E-state index contributed by atoms with van der Waals surface area (Å²) >= 11 is 4.69. The number of hydrogen-bond acceptors (Lipinski definition) is 4. The third-order valence-electron chi connectivity index (χ3n) is 1.66. The van der Waals surface area contributed by atoms with Crippen LogP contribution < -0.4 is 0 Å². The molecular formula is C8H6BrN3OS. The van der Waals surface area contributed by atoms with Crippen molar-refractivity contribution in [3.63, 3.8) is 0 Å². The van der Waals surface area contributed by atoms with Crippen LogP contribution in [0.25, 0.3) is 0 Å². The summed E-state index contributed by atoms with van der Waals surface area (Å²) in [5.41, 5.74) is 0.371. The quantitative estimate of drug-likeness (QED) is 0.784. The Morgan fingerprint density at radius 3 is 2.93 bits per heavy atom. The first-order valence-electron chi connectivity index (χ1n) is 3.82. The highest BCUT2D eigenvalue weighted by Gasteiger charge is 2.16. The second-order valence-electron chi connectivity index (χ2n) is 2.65. The largest absolute Gasteiger partial charge is 0.286 e.